The Morgan fingerprint density at radius 2 is 0.800 bits per heavy atom. The molecule has 0 saturated heterocycles. The Kier molecular flexibility index (Phi) is 6.61. The van der Waals surface area contributed by atoms with Crippen LogP contribution in [0.4, 0.5) is 0 Å². The van der Waals surface area contributed by atoms with E-state index in [0.29, 0.717) is 0 Å². The maximum Gasteiger partial charge on any atom is 0 e. The Morgan fingerprint density at radius 1 is 0.533 bits per heavy atom. The Balaban J connectivity index is 0.000000617. The Labute approximate surface area is 95.4 Å². The van der Waals surface area contributed by atoms with Gasteiger partial charge < -0.3 is 0 Å². The number of hydrogen-bond donors (Lipinski definition) is 0. The summed E-state index contributed by atoms with van der Waals surface area (Å²) in [5.74, 6) is 0. The molecule has 0 aromatic heterocycles. The molecule has 15 heavy (non-hydrogen) atoms. The van der Waals surface area contributed by atoms with Gasteiger partial charge in [0, 0.05) is 10.8 Å². The third kappa shape index (κ3) is 3.80. The van der Waals surface area contributed by atoms with Gasteiger partial charge in [-0.2, -0.15) is 0 Å². The number of rotatable bonds is 1. The van der Waals surface area contributed by atoms with E-state index in [-0.39, 0.29) is 12.4 Å². The van der Waals surface area contributed by atoms with Gasteiger partial charge in [0.1, 0.15) is 0 Å². The van der Waals surface area contributed by atoms with Crippen molar-refractivity contribution in [3.63, 3.8) is 0 Å². The third-order valence-corrected chi connectivity index (χ3v) is 1.88. The van der Waals surface area contributed by atoms with E-state index >= 15 is 0 Å². The van der Waals surface area contributed by atoms with Crippen LogP contribution >= 0.6 is 12.4 Å². The lowest BCUT2D eigenvalue weighted by Crippen LogP contribution is -1.73. The van der Waals surface area contributed by atoms with Gasteiger partial charge in [-0.05, 0) is 11.1 Å². The van der Waals surface area contributed by atoms with E-state index in [9.17, 15) is 0 Å². The average Bonchev–Trinajstić information content (AvgIpc) is 2.34. The first-order chi connectivity index (χ1) is 6.97. The molecule has 0 heterocycles. The normalized spacial score (nSPS) is 7.87. The lowest BCUT2D eigenvalue weighted by Gasteiger charge is -1.98. The summed E-state index contributed by atoms with van der Waals surface area (Å²) in [6.07, 6.45) is 0. The molecule has 0 aliphatic rings. The van der Waals surface area contributed by atoms with Crippen molar-refractivity contribution in [3.05, 3.63) is 60.7 Å². The van der Waals surface area contributed by atoms with Gasteiger partial charge >= 0.3 is 0 Å². The predicted molar refractivity (Wildman–Crippen MR) is 62.6 cm³/mol. The highest BCUT2D eigenvalue weighted by Crippen LogP contribution is 2.17. The van der Waals surface area contributed by atoms with Gasteiger partial charge in [0.25, 0.3) is 0 Å². The standard InChI is InChI=1S/C12H10.ClH.N2/c1-3-7-11(8-4-1)12-9-5-2-6-10-12;;1-2/h1-10H;1H;. The molecule has 2 rings (SSSR count). The van der Waals surface area contributed by atoms with Gasteiger partial charge in [0.05, 0.1) is 0 Å². The van der Waals surface area contributed by atoms with Gasteiger partial charge in [0.15, 0.2) is 0 Å². The molecular weight excluding hydrogens is 208 g/mol. The van der Waals surface area contributed by atoms with E-state index in [1.807, 2.05) is 12.1 Å². The van der Waals surface area contributed by atoms with Gasteiger partial charge in [-0.1, -0.05) is 60.7 Å². The number of nitrogens with zero attached hydrogens (tertiary/aromatic N) is 2. The Hall–Kier alpha value is -1.85. The van der Waals surface area contributed by atoms with Crippen LogP contribution in [0.3, 0.4) is 0 Å². The fraction of sp³-hybridized carbons (Fsp3) is 0. The van der Waals surface area contributed by atoms with E-state index in [0.717, 1.165) is 0 Å². The van der Waals surface area contributed by atoms with Crippen LogP contribution in [-0.2, 0) is 0 Å². The SMILES string of the molecule is Cl.N#N.c1ccc(-c2ccccc2)cc1. The monoisotopic (exact) mass is 218 g/mol. The molecule has 0 N–H and O–H groups in total. The molecule has 2 aromatic rings. The largest absolute Gasteiger partial charge is 0.147 e. The summed E-state index contributed by atoms with van der Waals surface area (Å²) >= 11 is 0. The molecule has 0 saturated carbocycles. The van der Waals surface area contributed by atoms with Crippen LogP contribution in [0.2, 0.25) is 0 Å². The van der Waals surface area contributed by atoms with Gasteiger partial charge in [-0.3, -0.25) is 0 Å². The second kappa shape index (κ2) is 7.54. The van der Waals surface area contributed by atoms with Crippen LogP contribution in [0.1, 0.15) is 0 Å². The van der Waals surface area contributed by atoms with Crippen molar-refractivity contribution in [2.75, 3.05) is 0 Å². The zero-order chi connectivity index (χ0) is 10.2. The summed E-state index contributed by atoms with van der Waals surface area (Å²) in [4.78, 5) is 0. The third-order valence-electron chi connectivity index (χ3n) is 1.88. The van der Waals surface area contributed by atoms with Gasteiger partial charge in [0.2, 0.25) is 0 Å². The van der Waals surface area contributed by atoms with E-state index in [4.69, 9.17) is 10.8 Å². The Bertz CT molecular complexity index is 347. The van der Waals surface area contributed by atoms with E-state index < -0.39 is 0 Å². The summed E-state index contributed by atoms with van der Waals surface area (Å²) in [7, 11) is 0. The van der Waals surface area contributed by atoms with Crippen molar-refractivity contribution in [2.45, 2.75) is 0 Å². The Morgan fingerprint density at radius 3 is 1.07 bits per heavy atom. The van der Waals surface area contributed by atoms with Crippen LogP contribution in [0.25, 0.3) is 11.1 Å². The van der Waals surface area contributed by atoms with Crippen LogP contribution in [0, 0.1) is 10.8 Å². The van der Waals surface area contributed by atoms with Crippen molar-refractivity contribution >= 4 is 12.4 Å². The highest BCUT2D eigenvalue weighted by molar-refractivity contribution is 5.85. The topological polar surface area (TPSA) is 47.6 Å². The molecule has 0 radical (unpaired) electrons. The molecule has 0 aliphatic carbocycles. The van der Waals surface area contributed by atoms with Crippen molar-refractivity contribution in [1.82, 2.24) is 0 Å². The lowest BCUT2D eigenvalue weighted by molar-refractivity contribution is 1.15. The number of hydrogen-bond acceptors (Lipinski definition) is 2. The van der Waals surface area contributed by atoms with Crippen molar-refractivity contribution in [1.29, 1.82) is 10.8 Å². The molecule has 2 aromatic carbocycles. The first-order valence-electron chi connectivity index (χ1n) is 4.27. The van der Waals surface area contributed by atoms with Crippen LogP contribution < -0.4 is 0 Å². The number of halogens is 1. The van der Waals surface area contributed by atoms with Crippen molar-refractivity contribution in [2.24, 2.45) is 0 Å². The molecule has 0 bridgehead atoms. The van der Waals surface area contributed by atoms with Gasteiger partial charge in [-0.15, -0.1) is 12.4 Å². The minimum Gasteiger partial charge on any atom is -0.147 e. The molecular formula is C12H11ClN2. The summed E-state index contributed by atoms with van der Waals surface area (Å²) < 4.78 is 0. The van der Waals surface area contributed by atoms with E-state index in [2.05, 4.69) is 48.5 Å². The number of benzene rings is 2. The average molecular weight is 219 g/mol. The first-order valence-corrected chi connectivity index (χ1v) is 4.27. The first kappa shape index (κ1) is 13.2. The maximum absolute atomic E-state index is 6.00. The zero-order valence-electron chi connectivity index (χ0n) is 8.08. The summed E-state index contributed by atoms with van der Waals surface area (Å²) in [5.41, 5.74) is 2.55. The minimum absolute atomic E-state index is 0. The van der Waals surface area contributed by atoms with E-state index in [1.165, 1.54) is 11.1 Å². The second-order valence-electron chi connectivity index (χ2n) is 2.73. The van der Waals surface area contributed by atoms with E-state index in [1.54, 1.807) is 0 Å². The smallest absolute Gasteiger partial charge is 0 e. The van der Waals surface area contributed by atoms with Crippen LogP contribution in [-0.4, -0.2) is 0 Å². The fourth-order valence-electron chi connectivity index (χ4n) is 1.26. The minimum atomic E-state index is 0. The molecule has 0 fully saturated rings. The van der Waals surface area contributed by atoms with Crippen LogP contribution in [0.5, 0.6) is 0 Å². The zero-order valence-corrected chi connectivity index (χ0v) is 8.89. The molecule has 2 nitrogen and oxygen atoms in total. The second-order valence-corrected chi connectivity index (χ2v) is 2.73. The molecule has 0 amide bonds. The maximum atomic E-state index is 6.00. The molecule has 0 aliphatic heterocycles. The highest BCUT2D eigenvalue weighted by Gasteiger charge is 1.91. The van der Waals surface area contributed by atoms with Crippen LogP contribution in [0.15, 0.2) is 60.7 Å². The quantitative estimate of drug-likeness (QED) is 0.684. The molecule has 0 unspecified atom stereocenters. The lowest BCUT2D eigenvalue weighted by atomic mass is 10.1. The molecule has 0 atom stereocenters. The molecule has 3 heteroatoms. The van der Waals surface area contributed by atoms with Crippen molar-refractivity contribution in [3.8, 4) is 11.1 Å². The summed E-state index contributed by atoms with van der Waals surface area (Å²) in [6.45, 7) is 0. The predicted octanol–water partition coefficient (Wildman–Crippen LogP) is 3.81. The summed E-state index contributed by atoms with van der Waals surface area (Å²) in [6, 6.07) is 20.8. The highest BCUT2D eigenvalue weighted by atomic mass is 35.5. The summed E-state index contributed by atoms with van der Waals surface area (Å²) in [5, 5.41) is 12.0. The fourth-order valence-corrected chi connectivity index (χ4v) is 1.26. The molecule has 0 spiro atoms. The van der Waals surface area contributed by atoms with Gasteiger partial charge in [-0.25, -0.2) is 0 Å². The van der Waals surface area contributed by atoms with Crippen molar-refractivity contribution < 1.29 is 0 Å². The molecule has 76 valence electrons.